The third kappa shape index (κ3) is 5.67. The summed E-state index contributed by atoms with van der Waals surface area (Å²) >= 11 is 0. The number of anilines is 1. The summed E-state index contributed by atoms with van der Waals surface area (Å²) in [7, 11) is 4.08. The van der Waals surface area contributed by atoms with Crippen molar-refractivity contribution >= 4 is 18.1 Å². The molecular formula is C27H27N7O. The van der Waals surface area contributed by atoms with Gasteiger partial charge in [0.05, 0.1) is 5.69 Å². The van der Waals surface area contributed by atoms with Gasteiger partial charge in [0.2, 0.25) is 5.95 Å². The molecule has 0 atom stereocenters. The molecule has 1 aliphatic rings. The Kier molecular flexibility index (Phi) is 6.72. The maximum atomic E-state index is 5.90. The molecule has 4 heterocycles. The summed E-state index contributed by atoms with van der Waals surface area (Å²) in [4.78, 5) is 26.7. The van der Waals surface area contributed by atoms with Crippen molar-refractivity contribution in [1.82, 2.24) is 29.8 Å². The van der Waals surface area contributed by atoms with Crippen LogP contribution in [0.2, 0.25) is 0 Å². The van der Waals surface area contributed by atoms with Crippen molar-refractivity contribution in [1.29, 1.82) is 0 Å². The molecule has 8 nitrogen and oxygen atoms in total. The minimum absolute atomic E-state index is 0.568. The molecule has 35 heavy (non-hydrogen) atoms. The van der Waals surface area contributed by atoms with Crippen molar-refractivity contribution in [3.8, 4) is 17.3 Å². The lowest BCUT2D eigenvalue weighted by atomic mass is 10.1. The van der Waals surface area contributed by atoms with Crippen molar-refractivity contribution in [2.24, 2.45) is 0 Å². The van der Waals surface area contributed by atoms with E-state index in [9.17, 15) is 0 Å². The number of fused-ring (bicyclic) bond motifs is 1. The molecule has 0 saturated heterocycles. The van der Waals surface area contributed by atoms with Gasteiger partial charge in [0.25, 0.3) is 0 Å². The molecule has 0 aliphatic carbocycles. The van der Waals surface area contributed by atoms with Gasteiger partial charge in [-0.25, -0.2) is 19.9 Å². The fourth-order valence-corrected chi connectivity index (χ4v) is 3.82. The Labute approximate surface area is 205 Å². The normalized spacial score (nSPS) is 12.9. The first-order chi connectivity index (χ1) is 17.1. The Balaban J connectivity index is 1.30. The van der Waals surface area contributed by atoms with Crippen molar-refractivity contribution in [2.75, 3.05) is 32.1 Å². The van der Waals surface area contributed by atoms with Crippen molar-refractivity contribution in [3.05, 3.63) is 89.6 Å². The van der Waals surface area contributed by atoms with Crippen molar-refractivity contribution < 1.29 is 4.74 Å². The van der Waals surface area contributed by atoms with E-state index >= 15 is 0 Å². The van der Waals surface area contributed by atoms with Crippen molar-refractivity contribution in [2.45, 2.75) is 13.1 Å². The van der Waals surface area contributed by atoms with Gasteiger partial charge in [-0.3, -0.25) is 4.98 Å². The summed E-state index contributed by atoms with van der Waals surface area (Å²) in [6.07, 6.45) is 11.0. The smallest absolute Gasteiger partial charge is 0.226 e. The monoisotopic (exact) mass is 465 g/mol. The quantitative estimate of drug-likeness (QED) is 0.387. The molecule has 1 aliphatic heterocycles. The maximum Gasteiger partial charge on any atom is 0.226 e. The van der Waals surface area contributed by atoms with Crippen molar-refractivity contribution in [3.63, 3.8) is 0 Å². The molecule has 3 aromatic heterocycles. The number of benzene rings is 1. The molecule has 176 valence electrons. The predicted octanol–water partition coefficient (Wildman–Crippen LogP) is 3.96. The fraction of sp³-hybridized carbons (Fsp3) is 0.222. The van der Waals surface area contributed by atoms with E-state index in [1.807, 2.05) is 56.6 Å². The van der Waals surface area contributed by atoms with E-state index in [0.717, 1.165) is 36.6 Å². The van der Waals surface area contributed by atoms with Crippen LogP contribution < -0.4 is 9.64 Å². The Bertz CT molecular complexity index is 1320. The zero-order valence-corrected chi connectivity index (χ0v) is 19.9. The summed E-state index contributed by atoms with van der Waals surface area (Å²) in [5, 5.41) is 0. The van der Waals surface area contributed by atoms with Gasteiger partial charge >= 0.3 is 0 Å². The first-order valence-electron chi connectivity index (χ1n) is 11.5. The second-order valence-corrected chi connectivity index (χ2v) is 8.60. The molecule has 0 fully saturated rings. The Hall–Kier alpha value is -4.17. The van der Waals surface area contributed by atoms with Crippen LogP contribution in [-0.2, 0) is 13.1 Å². The third-order valence-electron chi connectivity index (χ3n) is 5.69. The van der Waals surface area contributed by atoms with E-state index in [4.69, 9.17) is 9.72 Å². The molecule has 0 bridgehead atoms. The molecule has 5 rings (SSSR count). The Morgan fingerprint density at radius 1 is 0.886 bits per heavy atom. The van der Waals surface area contributed by atoms with E-state index in [2.05, 4.69) is 41.9 Å². The average molecular weight is 466 g/mol. The zero-order valence-electron chi connectivity index (χ0n) is 19.9. The number of pyridine rings is 1. The highest BCUT2D eigenvalue weighted by molar-refractivity contribution is 5.68. The minimum Gasteiger partial charge on any atom is -0.492 e. The van der Waals surface area contributed by atoms with Crippen LogP contribution >= 0.6 is 0 Å². The van der Waals surface area contributed by atoms with Crippen LogP contribution in [0.25, 0.3) is 23.7 Å². The number of nitrogens with zero attached hydrogens (tertiary/aromatic N) is 7. The molecule has 0 unspecified atom stereocenters. The molecule has 0 amide bonds. The SMILES string of the molecule is CN(C)CCOc1ccc2c(c1)CN(c1nccc(-c3nccc(/C=C/c4ccncc4)n3)n1)C2. The van der Waals surface area contributed by atoms with Crippen LogP contribution in [0.3, 0.4) is 0 Å². The van der Waals surface area contributed by atoms with Crippen LogP contribution in [-0.4, -0.2) is 57.1 Å². The number of aromatic nitrogens is 5. The second kappa shape index (κ2) is 10.4. The van der Waals surface area contributed by atoms with E-state index in [1.165, 1.54) is 11.1 Å². The molecule has 0 spiro atoms. The molecule has 8 heteroatoms. The molecule has 0 radical (unpaired) electrons. The van der Waals surface area contributed by atoms with E-state index in [0.29, 0.717) is 24.1 Å². The van der Waals surface area contributed by atoms with Crippen LogP contribution in [0.5, 0.6) is 5.75 Å². The molecular weight excluding hydrogens is 438 g/mol. The van der Waals surface area contributed by atoms with Gasteiger partial charge in [-0.15, -0.1) is 0 Å². The topological polar surface area (TPSA) is 80.2 Å². The van der Waals surface area contributed by atoms with Crippen LogP contribution in [0, 0.1) is 0 Å². The van der Waals surface area contributed by atoms with Gasteiger partial charge in [-0.1, -0.05) is 12.1 Å². The van der Waals surface area contributed by atoms with E-state index < -0.39 is 0 Å². The number of rotatable bonds is 8. The third-order valence-corrected chi connectivity index (χ3v) is 5.69. The van der Waals surface area contributed by atoms with Gasteiger partial charge < -0.3 is 14.5 Å². The summed E-state index contributed by atoms with van der Waals surface area (Å²) in [5.74, 6) is 2.13. The summed E-state index contributed by atoms with van der Waals surface area (Å²) in [6, 6.07) is 13.9. The summed E-state index contributed by atoms with van der Waals surface area (Å²) in [5.41, 5.74) is 5.06. The molecule has 4 aromatic rings. The number of hydrogen-bond donors (Lipinski definition) is 0. The first kappa shape index (κ1) is 22.6. The van der Waals surface area contributed by atoms with Crippen LogP contribution in [0.1, 0.15) is 22.4 Å². The van der Waals surface area contributed by atoms with Gasteiger partial charge in [0, 0.05) is 44.4 Å². The van der Waals surface area contributed by atoms with Gasteiger partial charge in [-0.2, -0.15) is 0 Å². The second-order valence-electron chi connectivity index (χ2n) is 8.60. The molecule has 0 saturated carbocycles. The Morgan fingerprint density at radius 3 is 2.57 bits per heavy atom. The first-order valence-corrected chi connectivity index (χ1v) is 11.5. The number of ether oxygens (including phenoxy) is 1. The lowest BCUT2D eigenvalue weighted by molar-refractivity contribution is 0.261. The lowest BCUT2D eigenvalue weighted by Crippen LogP contribution is -2.19. The Morgan fingerprint density at radius 2 is 1.71 bits per heavy atom. The highest BCUT2D eigenvalue weighted by atomic mass is 16.5. The molecule has 1 aromatic carbocycles. The zero-order chi connectivity index (χ0) is 24.0. The van der Waals surface area contributed by atoms with Gasteiger partial charge in [0.1, 0.15) is 18.1 Å². The standard InChI is InChI=1S/C27H27N7O/c1-33(2)15-16-35-24-6-4-21-18-34(19-22(21)17-24)27-30-14-10-25(32-27)26-29-13-9-23(31-26)5-3-20-7-11-28-12-8-20/h3-14,17H,15-16,18-19H2,1-2H3/b5-3+. The van der Waals surface area contributed by atoms with Crippen LogP contribution in [0.15, 0.2) is 67.3 Å². The summed E-state index contributed by atoms with van der Waals surface area (Å²) < 4.78 is 5.90. The predicted molar refractivity (Wildman–Crippen MR) is 137 cm³/mol. The van der Waals surface area contributed by atoms with Gasteiger partial charge in [0.15, 0.2) is 5.82 Å². The largest absolute Gasteiger partial charge is 0.492 e. The highest BCUT2D eigenvalue weighted by Gasteiger charge is 2.22. The fourth-order valence-electron chi connectivity index (χ4n) is 3.82. The van der Waals surface area contributed by atoms with Crippen LogP contribution in [0.4, 0.5) is 5.95 Å². The number of likely N-dealkylation sites (N-methyl/N-ethyl adjacent to an activating group) is 1. The minimum atomic E-state index is 0.568. The molecule has 0 N–H and O–H groups in total. The number of hydrogen-bond acceptors (Lipinski definition) is 8. The highest BCUT2D eigenvalue weighted by Crippen LogP contribution is 2.29. The maximum absolute atomic E-state index is 5.90. The van der Waals surface area contributed by atoms with E-state index in [1.54, 1.807) is 24.8 Å². The lowest BCUT2D eigenvalue weighted by Gasteiger charge is -2.15. The summed E-state index contributed by atoms with van der Waals surface area (Å²) in [6.45, 7) is 3.04. The average Bonchev–Trinajstić information content (AvgIpc) is 3.32. The van der Waals surface area contributed by atoms with Gasteiger partial charge in [-0.05, 0) is 73.3 Å². The van der Waals surface area contributed by atoms with E-state index in [-0.39, 0.29) is 0 Å².